The summed E-state index contributed by atoms with van der Waals surface area (Å²) in [6.45, 7) is 1.11. The Hall–Kier alpha value is -4.11. The number of para-hydroxylation sites is 1. The molecule has 4 rings (SSSR count). The molecule has 0 saturated heterocycles. The maximum Gasteiger partial charge on any atom is 0.229 e. The van der Waals surface area contributed by atoms with Crippen LogP contribution in [0.5, 0.6) is 17.2 Å². The number of hydrogen-bond donors (Lipinski definition) is 1. The Kier molecular flexibility index (Phi) is 7.24. The molecule has 0 aliphatic rings. The second-order valence-electron chi connectivity index (χ2n) is 7.31. The standard InChI is InChI=1S/C25H27N5O4/c1-31-12-11-30(19-13-17-7-5-6-8-20(17)27-16-19)23-9-10-26-25(29-23)28-18-14-21(32-2)24(34-4)22(15-18)33-3/h5-10,13-16H,11-12H2,1-4H3,(H,26,28,29). The van der Waals surface area contributed by atoms with Crippen molar-refractivity contribution in [3.8, 4) is 17.2 Å². The predicted octanol–water partition coefficient (Wildman–Crippen LogP) is 4.58. The Labute approximate surface area is 198 Å². The molecule has 0 radical (unpaired) electrons. The maximum absolute atomic E-state index is 5.44. The summed E-state index contributed by atoms with van der Waals surface area (Å²) in [5.74, 6) is 2.70. The summed E-state index contributed by atoms with van der Waals surface area (Å²) in [5.41, 5.74) is 2.54. The normalized spacial score (nSPS) is 10.7. The first-order valence-corrected chi connectivity index (χ1v) is 10.7. The van der Waals surface area contributed by atoms with Gasteiger partial charge in [-0.25, -0.2) is 4.98 Å². The van der Waals surface area contributed by atoms with Gasteiger partial charge in [-0.15, -0.1) is 0 Å². The molecular formula is C25H27N5O4. The molecule has 0 aliphatic heterocycles. The number of hydrogen-bond acceptors (Lipinski definition) is 9. The number of benzene rings is 2. The number of fused-ring (bicyclic) bond motifs is 1. The Morgan fingerprint density at radius 2 is 1.65 bits per heavy atom. The summed E-state index contributed by atoms with van der Waals surface area (Å²) in [5, 5.41) is 4.27. The number of aromatic nitrogens is 3. The monoisotopic (exact) mass is 461 g/mol. The van der Waals surface area contributed by atoms with Crippen LogP contribution in [-0.4, -0.2) is 56.5 Å². The first-order chi connectivity index (χ1) is 16.7. The summed E-state index contributed by atoms with van der Waals surface area (Å²) < 4.78 is 21.6. The van der Waals surface area contributed by atoms with Crippen molar-refractivity contribution in [1.82, 2.24) is 15.0 Å². The van der Waals surface area contributed by atoms with E-state index >= 15 is 0 Å². The van der Waals surface area contributed by atoms with Gasteiger partial charge in [-0.2, -0.15) is 4.98 Å². The van der Waals surface area contributed by atoms with Crippen LogP contribution in [0.15, 0.2) is 60.9 Å². The van der Waals surface area contributed by atoms with E-state index in [1.165, 1.54) is 0 Å². The minimum absolute atomic E-state index is 0.419. The Bertz CT molecular complexity index is 1240. The van der Waals surface area contributed by atoms with Gasteiger partial charge >= 0.3 is 0 Å². The summed E-state index contributed by atoms with van der Waals surface area (Å²) in [6.07, 6.45) is 3.54. The molecule has 0 amide bonds. The van der Waals surface area contributed by atoms with Crippen molar-refractivity contribution >= 4 is 34.0 Å². The lowest BCUT2D eigenvalue weighted by Gasteiger charge is -2.24. The highest BCUT2D eigenvalue weighted by atomic mass is 16.5. The molecule has 0 saturated carbocycles. The Balaban J connectivity index is 1.67. The molecule has 2 heterocycles. The van der Waals surface area contributed by atoms with E-state index in [0.29, 0.717) is 47.9 Å². The zero-order valence-corrected chi connectivity index (χ0v) is 19.6. The lowest BCUT2D eigenvalue weighted by molar-refractivity contribution is 0.207. The predicted molar refractivity (Wildman–Crippen MR) is 132 cm³/mol. The Morgan fingerprint density at radius 3 is 2.35 bits per heavy atom. The van der Waals surface area contributed by atoms with E-state index in [9.17, 15) is 0 Å². The molecule has 1 N–H and O–H groups in total. The number of pyridine rings is 1. The molecule has 0 spiro atoms. The van der Waals surface area contributed by atoms with Crippen LogP contribution >= 0.6 is 0 Å². The molecule has 176 valence electrons. The highest BCUT2D eigenvalue weighted by Crippen LogP contribution is 2.40. The van der Waals surface area contributed by atoms with E-state index in [1.54, 1.807) is 46.8 Å². The largest absolute Gasteiger partial charge is 0.493 e. The minimum Gasteiger partial charge on any atom is -0.493 e. The Morgan fingerprint density at radius 1 is 0.882 bits per heavy atom. The second kappa shape index (κ2) is 10.7. The van der Waals surface area contributed by atoms with E-state index < -0.39 is 0 Å². The van der Waals surface area contributed by atoms with Crippen LogP contribution in [0.25, 0.3) is 10.9 Å². The van der Waals surface area contributed by atoms with Gasteiger partial charge in [0.15, 0.2) is 11.5 Å². The van der Waals surface area contributed by atoms with E-state index in [4.69, 9.17) is 23.9 Å². The van der Waals surface area contributed by atoms with Crippen molar-refractivity contribution in [3.63, 3.8) is 0 Å². The number of nitrogens with zero attached hydrogens (tertiary/aromatic N) is 4. The number of methoxy groups -OCH3 is 4. The SMILES string of the molecule is COCCN(c1cnc2ccccc2c1)c1ccnc(Nc2cc(OC)c(OC)c(OC)c2)n1. The number of ether oxygens (including phenoxy) is 4. The zero-order valence-electron chi connectivity index (χ0n) is 19.6. The molecule has 9 nitrogen and oxygen atoms in total. The zero-order chi connectivity index (χ0) is 23.9. The van der Waals surface area contributed by atoms with Gasteiger partial charge in [0.25, 0.3) is 0 Å². The molecule has 0 bridgehead atoms. The third-order valence-electron chi connectivity index (χ3n) is 5.25. The van der Waals surface area contributed by atoms with Crippen molar-refractivity contribution in [1.29, 1.82) is 0 Å². The lowest BCUT2D eigenvalue weighted by atomic mass is 10.2. The van der Waals surface area contributed by atoms with Crippen LogP contribution in [0.1, 0.15) is 0 Å². The number of nitrogens with one attached hydrogen (secondary N) is 1. The van der Waals surface area contributed by atoms with E-state index in [1.807, 2.05) is 41.4 Å². The van der Waals surface area contributed by atoms with Crippen LogP contribution in [0, 0.1) is 0 Å². The van der Waals surface area contributed by atoms with E-state index in [2.05, 4.69) is 21.4 Å². The molecule has 34 heavy (non-hydrogen) atoms. The first kappa shape index (κ1) is 23.1. The van der Waals surface area contributed by atoms with Gasteiger partial charge in [0, 0.05) is 43.1 Å². The molecule has 2 aromatic carbocycles. The van der Waals surface area contributed by atoms with Crippen molar-refractivity contribution in [2.75, 3.05) is 51.8 Å². The molecule has 0 unspecified atom stereocenters. The smallest absolute Gasteiger partial charge is 0.229 e. The maximum atomic E-state index is 5.44. The fourth-order valence-electron chi connectivity index (χ4n) is 3.61. The van der Waals surface area contributed by atoms with Crippen LogP contribution in [0.4, 0.5) is 23.1 Å². The number of anilines is 4. The van der Waals surface area contributed by atoms with E-state index in [0.717, 1.165) is 16.6 Å². The second-order valence-corrected chi connectivity index (χ2v) is 7.31. The van der Waals surface area contributed by atoms with Crippen molar-refractivity contribution in [2.45, 2.75) is 0 Å². The van der Waals surface area contributed by atoms with Gasteiger partial charge in [-0.1, -0.05) is 18.2 Å². The summed E-state index contributed by atoms with van der Waals surface area (Å²) >= 11 is 0. The molecule has 2 aromatic heterocycles. The van der Waals surface area contributed by atoms with Gasteiger partial charge in [-0.05, 0) is 18.2 Å². The first-order valence-electron chi connectivity index (χ1n) is 10.7. The molecule has 0 atom stereocenters. The third-order valence-corrected chi connectivity index (χ3v) is 5.25. The van der Waals surface area contributed by atoms with Crippen molar-refractivity contribution in [2.24, 2.45) is 0 Å². The summed E-state index contributed by atoms with van der Waals surface area (Å²) in [7, 11) is 6.39. The van der Waals surface area contributed by atoms with E-state index in [-0.39, 0.29) is 0 Å². The van der Waals surface area contributed by atoms with Crippen molar-refractivity contribution < 1.29 is 18.9 Å². The lowest BCUT2D eigenvalue weighted by Crippen LogP contribution is -2.23. The van der Waals surface area contributed by atoms with Gasteiger partial charge in [0.05, 0.1) is 45.3 Å². The van der Waals surface area contributed by atoms with Crippen LogP contribution in [0.3, 0.4) is 0 Å². The topological polar surface area (TPSA) is 90.9 Å². The van der Waals surface area contributed by atoms with Crippen LogP contribution < -0.4 is 24.4 Å². The summed E-state index contributed by atoms with van der Waals surface area (Å²) in [4.78, 5) is 15.8. The molecular weight excluding hydrogens is 434 g/mol. The fourth-order valence-corrected chi connectivity index (χ4v) is 3.61. The molecule has 4 aromatic rings. The minimum atomic E-state index is 0.419. The number of rotatable bonds is 10. The van der Waals surface area contributed by atoms with Gasteiger partial charge < -0.3 is 29.2 Å². The average Bonchev–Trinajstić information content (AvgIpc) is 2.88. The average molecular weight is 462 g/mol. The molecule has 9 heteroatoms. The van der Waals surface area contributed by atoms with Crippen LogP contribution in [-0.2, 0) is 4.74 Å². The van der Waals surface area contributed by atoms with Gasteiger partial charge in [0.2, 0.25) is 11.7 Å². The summed E-state index contributed by atoms with van der Waals surface area (Å²) in [6, 6.07) is 15.5. The van der Waals surface area contributed by atoms with Crippen LogP contribution in [0.2, 0.25) is 0 Å². The quantitative estimate of drug-likeness (QED) is 0.364. The third kappa shape index (κ3) is 4.94. The fraction of sp³-hybridized carbons (Fsp3) is 0.240. The highest BCUT2D eigenvalue weighted by Gasteiger charge is 2.16. The van der Waals surface area contributed by atoms with Crippen molar-refractivity contribution in [3.05, 3.63) is 60.9 Å². The highest BCUT2D eigenvalue weighted by molar-refractivity contribution is 5.82. The van der Waals surface area contributed by atoms with Gasteiger partial charge in [-0.3, -0.25) is 4.98 Å². The molecule has 0 fully saturated rings. The molecule has 0 aliphatic carbocycles. The van der Waals surface area contributed by atoms with Gasteiger partial charge in [0.1, 0.15) is 5.82 Å².